The summed E-state index contributed by atoms with van der Waals surface area (Å²) in [5.41, 5.74) is 1.40. The second-order valence-corrected chi connectivity index (χ2v) is 3.83. The second kappa shape index (κ2) is 3.63. The second-order valence-electron chi connectivity index (χ2n) is 3.83. The normalized spacial score (nSPS) is 10.9. The lowest BCUT2D eigenvalue weighted by Crippen LogP contribution is -1.92. The van der Waals surface area contributed by atoms with Crippen molar-refractivity contribution in [2.24, 2.45) is 0 Å². The molecule has 0 amide bonds. The maximum Gasteiger partial charge on any atom is 0.233 e. The van der Waals surface area contributed by atoms with E-state index in [4.69, 9.17) is 0 Å². The molecule has 0 atom stereocenters. The first-order chi connectivity index (χ1) is 8.29. The molecule has 0 bridgehead atoms. The molecule has 1 heterocycles. The van der Waals surface area contributed by atoms with Gasteiger partial charge in [-0.1, -0.05) is 30.3 Å². The molecule has 1 aromatic heterocycles. The van der Waals surface area contributed by atoms with Crippen LogP contribution in [0.3, 0.4) is 0 Å². The Balaban J connectivity index is 2.41. The largest absolute Gasteiger partial charge is 0.492 e. The highest BCUT2D eigenvalue weighted by Crippen LogP contribution is 2.32. The van der Waals surface area contributed by atoms with Crippen LogP contribution in [0.5, 0.6) is 5.88 Å². The Kier molecular flexibility index (Phi) is 2.11. The van der Waals surface area contributed by atoms with E-state index >= 15 is 0 Å². The molecule has 0 saturated heterocycles. The highest BCUT2D eigenvalue weighted by molar-refractivity contribution is 5.85. The van der Waals surface area contributed by atoms with Gasteiger partial charge in [-0.25, -0.2) is 4.39 Å². The molecule has 0 saturated carbocycles. The first-order valence-electron chi connectivity index (χ1n) is 5.32. The molecule has 0 aliphatic rings. The summed E-state index contributed by atoms with van der Waals surface area (Å²) in [6.07, 6.45) is 0. The van der Waals surface area contributed by atoms with Gasteiger partial charge >= 0.3 is 0 Å². The number of benzene rings is 2. The fraction of sp³-hybridized carbons (Fsp3) is 0. The number of rotatable bonds is 1. The molecule has 2 nitrogen and oxygen atoms in total. The summed E-state index contributed by atoms with van der Waals surface area (Å²) in [6, 6.07) is 16.2. The van der Waals surface area contributed by atoms with Gasteiger partial charge in [0.25, 0.3) is 0 Å². The van der Waals surface area contributed by atoms with Crippen molar-refractivity contribution in [2.75, 3.05) is 0 Å². The molecule has 0 fully saturated rings. The third-order valence-electron chi connectivity index (χ3n) is 2.80. The Bertz CT molecular complexity index is 673. The van der Waals surface area contributed by atoms with Crippen LogP contribution >= 0.6 is 0 Å². The summed E-state index contributed by atoms with van der Waals surface area (Å²) in [4.78, 5) is 0. The number of nitrogens with zero attached hydrogens (tertiary/aromatic N) is 1. The number of aromatic nitrogens is 1. The smallest absolute Gasteiger partial charge is 0.233 e. The first-order valence-corrected chi connectivity index (χ1v) is 5.32. The first kappa shape index (κ1) is 9.90. The lowest BCUT2D eigenvalue weighted by atomic mass is 10.2. The zero-order valence-corrected chi connectivity index (χ0v) is 8.97. The molecule has 0 aliphatic carbocycles. The van der Waals surface area contributed by atoms with Gasteiger partial charge in [0, 0.05) is 11.1 Å². The van der Waals surface area contributed by atoms with E-state index in [1.54, 1.807) is 18.2 Å². The van der Waals surface area contributed by atoms with E-state index in [-0.39, 0.29) is 5.88 Å². The summed E-state index contributed by atoms with van der Waals surface area (Å²) in [5.74, 6) is -0.929. The van der Waals surface area contributed by atoms with Gasteiger partial charge in [-0.2, -0.15) is 0 Å². The molecule has 3 aromatic rings. The highest BCUT2D eigenvalue weighted by atomic mass is 19.1. The van der Waals surface area contributed by atoms with Crippen LogP contribution in [-0.4, -0.2) is 9.67 Å². The van der Waals surface area contributed by atoms with Crippen LogP contribution in [0.15, 0.2) is 54.6 Å². The molecule has 1 N–H and O–H groups in total. The Morgan fingerprint density at radius 3 is 2.29 bits per heavy atom. The van der Waals surface area contributed by atoms with E-state index in [1.807, 2.05) is 36.4 Å². The zero-order chi connectivity index (χ0) is 11.8. The van der Waals surface area contributed by atoms with Gasteiger partial charge < -0.3 is 5.11 Å². The van der Waals surface area contributed by atoms with E-state index in [0.717, 1.165) is 5.69 Å². The van der Waals surface area contributed by atoms with Crippen molar-refractivity contribution in [3.63, 3.8) is 0 Å². The molecule has 2 aromatic carbocycles. The molecule has 3 rings (SSSR count). The minimum absolute atomic E-state index is 0.350. The van der Waals surface area contributed by atoms with Crippen LogP contribution in [0.4, 0.5) is 4.39 Å². The number of halogens is 1. The summed E-state index contributed by atoms with van der Waals surface area (Å²) in [6.45, 7) is 0. The standard InChI is InChI=1S/C14H10FNO/c15-13-11-8-4-5-9-12(11)16(14(13)17)10-6-2-1-3-7-10/h1-9,17H. The molecule has 0 unspecified atom stereocenters. The summed E-state index contributed by atoms with van der Waals surface area (Å²) >= 11 is 0. The molecule has 17 heavy (non-hydrogen) atoms. The summed E-state index contributed by atoms with van der Waals surface area (Å²) in [7, 11) is 0. The minimum atomic E-state index is -0.579. The minimum Gasteiger partial charge on any atom is -0.492 e. The number of hydrogen-bond donors (Lipinski definition) is 1. The number of hydrogen-bond acceptors (Lipinski definition) is 1. The van der Waals surface area contributed by atoms with Crippen LogP contribution in [0.25, 0.3) is 16.6 Å². The molecule has 3 heteroatoms. The third kappa shape index (κ3) is 1.40. The summed E-state index contributed by atoms with van der Waals surface area (Å²) in [5, 5.41) is 10.3. The average molecular weight is 227 g/mol. The summed E-state index contributed by atoms with van der Waals surface area (Å²) < 4.78 is 15.3. The van der Waals surface area contributed by atoms with E-state index in [2.05, 4.69) is 0 Å². The molecule has 0 radical (unpaired) electrons. The Morgan fingerprint density at radius 1 is 0.882 bits per heavy atom. The van der Waals surface area contributed by atoms with Crippen molar-refractivity contribution in [1.29, 1.82) is 0 Å². The zero-order valence-electron chi connectivity index (χ0n) is 8.97. The van der Waals surface area contributed by atoms with Crippen molar-refractivity contribution in [3.8, 4) is 11.6 Å². The fourth-order valence-corrected chi connectivity index (χ4v) is 2.03. The quantitative estimate of drug-likeness (QED) is 0.676. The predicted molar refractivity (Wildman–Crippen MR) is 64.9 cm³/mol. The highest BCUT2D eigenvalue weighted by Gasteiger charge is 2.16. The number of fused-ring (bicyclic) bond motifs is 1. The van der Waals surface area contributed by atoms with Crippen LogP contribution in [-0.2, 0) is 0 Å². The van der Waals surface area contributed by atoms with E-state index < -0.39 is 5.82 Å². The van der Waals surface area contributed by atoms with Crippen molar-refractivity contribution < 1.29 is 9.50 Å². The topological polar surface area (TPSA) is 25.2 Å². The Hall–Kier alpha value is -2.29. The van der Waals surface area contributed by atoms with Crippen LogP contribution in [0.2, 0.25) is 0 Å². The molecular formula is C14H10FNO. The maximum atomic E-state index is 13.8. The van der Waals surface area contributed by atoms with Crippen molar-refractivity contribution in [2.45, 2.75) is 0 Å². The molecule has 84 valence electrons. The van der Waals surface area contributed by atoms with Gasteiger partial charge in [-0.3, -0.25) is 4.57 Å². The van der Waals surface area contributed by atoms with Crippen LogP contribution < -0.4 is 0 Å². The SMILES string of the molecule is Oc1c(F)c2ccccc2n1-c1ccccc1. The van der Waals surface area contributed by atoms with Gasteiger partial charge in [-0.05, 0) is 24.3 Å². The monoisotopic (exact) mass is 227 g/mol. The van der Waals surface area contributed by atoms with Crippen molar-refractivity contribution in [3.05, 3.63) is 60.4 Å². The third-order valence-corrected chi connectivity index (χ3v) is 2.80. The predicted octanol–water partition coefficient (Wildman–Crippen LogP) is 3.48. The number of aromatic hydroxyl groups is 1. The maximum absolute atomic E-state index is 13.8. The lowest BCUT2D eigenvalue weighted by Gasteiger charge is -2.05. The van der Waals surface area contributed by atoms with Gasteiger partial charge in [0.05, 0.1) is 5.52 Å². The van der Waals surface area contributed by atoms with Crippen molar-refractivity contribution >= 4 is 10.9 Å². The molecular weight excluding hydrogens is 217 g/mol. The molecule has 0 spiro atoms. The molecule has 0 aliphatic heterocycles. The average Bonchev–Trinajstić information content (AvgIpc) is 2.64. The van der Waals surface area contributed by atoms with E-state index in [0.29, 0.717) is 10.9 Å². The van der Waals surface area contributed by atoms with Crippen molar-refractivity contribution in [1.82, 2.24) is 4.57 Å². The van der Waals surface area contributed by atoms with Gasteiger partial charge in [-0.15, -0.1) is 0 Å². The Labute approximate surface area is 97.5 Å². The lowest BCUT2D eigenvalue weighted by molar-refractivity contribution is 0.409. The van der Waals surface area contributed by atoms with Gasteiger partial charge in [0.15, 0.2) is 5.82 Å². The van der Waals surface area contributed by atoms with Gasteiger partial charge in [0.1, 0.15) is 0 Å². The van der Waals surface area contributed by atoms with Crippen LogP contribution in [0.1, 0.15) is 0 Å². The fourth-order valence-electron chi connectivity index (χ4n) is 2.03. The Morgan fingerprint density at radius 2 is 1.53 bits per heavy atom. The van der Waals surface area contributed by atoms with E-state index in [9.17, 15) is 9.50 Å². The van der Waals surface area contributed by atoms with Crippen LogP contribution in [0, 0.1) is 5.82 Å². The number of para-hydroxylation sites is 2. The van der Waals surface area contributed by atoms with Gasteiger partial charge in [0.2, 0.25) is 5.88 Å². The van der Waals surface area contributed by atoms with E-state index in [1.165, 1.54) is 4.57 Å².